The Kier molecular flexibility index (Phi) is 2.67. The molecule has 1 heterocycles. The lowest BCUT2D eigenvalue weighted by Crippen LogP contribution is -2.04. The highest BCUT2D eigenvalue weighted by Gasteiger charge is 2.55. The highest BCUT2D eigenvalue weighted by Crippen LogP contribution is 2.65. The molecule has 2 aromatic rings. The lowest BCUT2D eigenvalue weighted by molar-refractivity contribution is 0.658. The average Bonchev–Trinajstić information content (AvgIpc) is 3.02. The molecular weight excluding hydrogens is 254 g/mol. The van der Waals surface area contributed by atoms with Gasteiger partial charge >= 0.3 is 0 Å². The van der Waals surface area contributed by atoms with E-state index in [0.29, 0.717) is 11.8 Å². The molecule has 1 saturated carbocycles. The van der Waals surface area contributed by atoms with Crippen molar-refractivity contribution >= 4 is 11.3 Å². The maximum atomic E-state index is 4.42. The van der Waals surface area contributed by atoms with E-state index in [1.165, 1.54) is 17.8 Å². The van der Waals surface area contributed by atoms with Crippen molar-refractivity contribution in [3.05, 3.63) is 45.4 Å². The SMILES string of the molecule is CNCc1nnc(C2C3CCc4ccccc4C32)s1. The summed E-state index contributed by atoms with van der Waals surface area (Å²) in [4.78, 5) is 0. The van der Waals surface area contributed by atoms with Gasteiger partial charge in [-0.2, -0.15) is 0 Å². The van der Waals surface area contributed by atoms with Gasteiger partial charge < -0.3 is 5.32 Å². The van der Waals surface area contributed by atoms with Crippen LogP contribution < -0.4 is 5.32 Å². The van der Waals surface area contributed by atoms with Crippen molar-refractivity contribution < 1.29 is 0 Å². The van der Waals surface area contributed by atoms with E-state index in [0.717, 1.165) is 17.5 Å². The standard InChI is InChI=1S/C15H17N3S/c1-16-8-12-17-18-15(19-12)14-11-7-6-9-4-2-3-5-10(9)13(11)14/h2-5,11,13-14,16H,6-8H2,1H3. The fourth-order valence-corrected chi connectivity index (χ4v) is 4.61. The molecule has 3 unspecified atom stereocenters. The molecule has 3 nitrogen and oxygen atoms in total. The van der Waals surface area contributed by atoms with Gasteiger partial charge in [-0.15, -0.1) is 10.2 Å². The largest absolute Gasteiger partial charge is 0.313 e. The van der Waals surface area contributed by atoms with Crippen LogP contribution in [0.15, 0.2) is 24.3 Å². The molecule has 0 saturated heterocycles. The first kappa shape index (κ1) is 11.6. The van der Waals surface area contributed by atoms with Crippen molar-refractivity contribution in [2.75, 3.05) is 7.05 Å². The second-order valence-corrected chi connectivity index (χ2v) is 6.61. The van der Waals surface area contributed by atoms with Gasteiger partial charge in [-0.1, -0.05) is 35.6 Å². The summed E-state index contributed by atoms with van der Waals surface area (Å²) in [7, 11) is 1.95. The summed E-state index contributed by atoms with van der Waals surface area (Å²) in [5.74, 6) is 2.15. The third-order valence-corrected chi connectivity index (χ3v) is 5.45. The van der Waals surface area contributed by atoms with E-state index in [2.05, 4.69) is 39.8 Å². The third-order valence-electron chi connectivity index (χ3n) is 4.43. The van der Waals surface area contributed by atoms with Crippen LogP contribution in [0.2, 0.25) is 0 Å². The first-order valence-corrected chi connectivity index (χ1v) is 7.75. The molecule has 1 aromatic heterocycles. The summed E-state index contributed by atoms with van der Waals surface area (Å²) in [5.41, 5.74) is 3.11. The number of nitrogens with one attached hydrogen (secondary N) is 1. The quantitative estimate of drug-likeness (QED) is 0.932. The van der Waals surface area contributed by atoms with Crippen molar-refractivity contribution in [2.45, 2.75) is 31.2 Å². The summed E-state index contributed by atoms with van der Waals surface area (Å²) >= 11 is 1.78. The number of nitrogens with zero attached hydrogens (tertiary/aromatic N) is 2. The zero-order valence-corrected chi connectivity index (χ0v) is 11.8. The third kappa shape index (κ3) is 1.82. The summed E-state index contributed by atoms with van der Waals surface area (Å²) in [6, 6.07) is 8.92. The van der Waals surface area contributed by atoms with E-state index in [1.54, 1.807) is 22.5 Å². The smallest absolute Gasteiger partial charge is 0.131 e. The van der Waals surface area contributed by atoms with Gasteiger partial charge in [0.2, 0.25) is 0 Å². The number of fused-ring (bicyclic) bond motifs is 3. The molecule has 1 N–H and O–H groups in total. The van der Waals surface area contributed by atoms with E-state index in [4.69, 9.17) is 0 Å². The minimum Gasteiger partial charge on any atom is -0.313 e. The Balaban J connectivity index is 1.62. The first-order chi connectivity index (χ1) is 9.38. The number of benzene rings is 1. The number of hydrogen-bond donors (Lipinski definition) is 1. The van der Waals surface area contributed by atoms with Crippen LogP contribution in [0.3, 0.4) is 0 Å². The summed E-state index contributed by atoms with van der Waals surface area (Å²) in [6.45, 7) is 0.830. The second-order valence-electron chi connectivity index (χ2n) is 5.52. The molecule has 1 aromatic carbocycles. The van der Waals surface area contributed by atoms with Gasteiger partial charge in [-0.3, -0.25) is 0 Å². The number of hydrogen-bond acceptors (Lipinski definition) is 4. The zero-order valence-electron chi connectivity index (χ0n) is 11.0. The number of aromatic nitrogens is 2. The van der Waals surface area contributed by atoms with Crippen LogP contribution in [0.5, 0.6) is 0 Å². The fraction of sp³-hybridized carbons (Fsp3) is 0.467. The van der Waals surface area contributed by atoms with Crippen molar-refractivity contribution in [3.8, 4) is 0 Å². The Labute approximate surface area is 117 Å². The molecular formula is C15H17N3S. The van der Waals surface area contributed by atoms with Crippen LogP contribution in [0, 0.1) is 5.92 Å². The molecule has 1 fully saturated rings. The van der Waals surface area contributed by atoms with Gasteiger partial charge in [-0.25, -0.2) is 0 Å². The lowest BCUT2D eigenvalue weighted by atomic mass is 9.92. The van der Waals surface area contributed by atoms with Crippen LogP contribution in [0.1, 0.15) is 39.4 Å². The molecule has 0 spiro atoms. The van der Waals surface area contributed by atoms with Crippen LogP contribution in [0.25, 0.3) is 0 Å². The normalized spacial score (nSPS) is 27.7. The van der Waals surface area contributed by atoms with Gasteiger partial charge in [0.15, 0.2) is 0 Å². The van der Waals surface area contributed by atoms with Gasteiger partial charge in [0.05, 0.1) is 0 Å². The molecule has 98 valence electrons. The van der Waals surface area contributed by atoms with Crippen molar-refractivity contribution in [1.82, 2.24) is 15.5 Å². The van der Waals surface area contributed by atoms with Crippen LogP contribution in [-0.4, -0.2) is 17.2 Å². The molecule has 3 atom stereocenters. The van der Waals surface area contributed by atoms with Gasteiger partial charge in [0.1, 0.15) is 10.0 Å². The summed E-state index contributed by atoms with van der Waals surface area (Å²) < 4.78 is 0. The maximum absolute atomic E-state index is 4.42. The van der Waals surface area contributed by atoms with E-state index in [1.807, 2.05) is 7.05 Å². The minimum atomic E-state index is 0.631. The van der Waals surface area contributed by atoms with Gasteiger partial charge in [0.25, 0.3) is 0 Å². The molecule has 0 bridgehead atoms. The van der Waals surface area contributed by atoms with E-state index >= 15 is 0 Å². The van der Waals surface area contributed by atoms with Gasteiger partial charge in [0, 0.05) is 12.5 Å². The molecule has 4 rings (SSSR count). The zero-order chi connectivity index (χ0) is 12.8. The molecule has 0 radical (unpaired) electrons. The molecule has 2 aliphatic carbocycles. The van der Waals surface area contributed by atoms with E-state index in [9.17, 15) is 0 Å². The Bertz CT molecular complexity index is 607. The van der Waals surface area contributed by atoms with Crippen LogP contribution >= 0.6 is 11.3 Å². The highest BCUT2D eigenvalue weighted by atomic mass is 32.1. The maximum Gasteiger partial charge on any atom is 0.131 e. The predicted octanol–water partition coefficient (Wildman–Crippen LogP) is 2.70. The van der Waals surface area contributed by atoms with E-state index in [-0.39, 0.29) is 0 Å². The number of aryl methyl sites for hydroxylation is 1. The Morgan fingerprint density at radius 3 is 3.05 bits per heavy atom. The molecule has 0 aliphatic heterocycles. The molecule has 2 aliphatic rings. The second kappa shape index (κ2) is 4.39. The molecule has 0 amide bonds. The first-order valence-electron chi connectivity index (χ1n) is 6.93. The molecule has 19 heavy (non-hydrogen) atoms. The average molecular weight is 271 g/mol. The number of rotatable bonds is 3. The van der Waals surface area contributed by atoms with Crippen molar-refractivity contribution in [3.63, 3.8) is 0 Å². The Morgan fingerprint density at radius 2 is 2.16 bits per heavy atom. The topological polar surface area (TPSA) is 37.8 Å². The summed E-state index contributed by atoms with van der Waals surface area (Å²) in [5, 5.41) is 14.2. The monoisotopic (exact) mass is 271 g/mol. The summed E-state index contributed by atoms with van der Waals surface area (Å²) in [6.07, 6.45) is 2.54. The fourth-order valence-electron chi connectivity index (χ4n) is 3.53. The predicted molar refractivity (Wildman–Crippen MR) is 76.4 cm³/mol. The Hall–Kier alpha value is -1.26. The minimum absolute atomic E-state index is 0.631. The van der Waals surface area contributed by atoms with Crippen molar-refractivity contribution in [1.29, 1.82) is 0 Å². The van der Waals surface area contributed by atoms with E-state index < -0.39 is 0 Å². The van der Waals surface area contributed by atoms with Gasteiger partial charge in [-0.05, 0) is 42.9 Å². The Morgan fingerprint density at radius 1 is 1.26 bits per heavy atom. The van der Waals surface area contributed by atoms with Crippen molar-refractivity contribution in [2.24, 2.45) is 5.92 Å². The van der Waals surface area contributed by atoms with Crippen LogP contribution in [-0.2, 0) is 13.0 Å². The molecule has 4 heteroatoms. The highest BCUT2D eigenvalue weighted by molar-refractivity contribution is 7.11. The van der Waals surface area contributed by atoms with Crippen LogP contribution in [0.4, 0.5) is 0 Å². The lowest BCUT2D eigenvalue weighted by Gasteiger charge is -2.13.